The number of rotatable bonds is 0. The van der Waals surface area contributed by atoms with Crippen LogP contribution in [0.15, 0.2) is 24.3 Å². The van der Waals surface area contributed by atoms with E-state index < -0.39 is 11.9 Å². The van der Waals surface area contributed by atoms with E-state index in [4.69, 9.17) is 0 Å². The molecule has 0 radical (unpaired) electrons. The van der Waals surface area contributed by atoms with E-state index in [1.165, 1.54) is 12.2 Å². The molecular formula is C9H7NO5. The summed E-state index contributed by atoms with van der Waals surface area (Å²) in [4.78, 5) is 40.5. The number of hydrogen-bond acceptors (Lipinski definition) is 5. The lowest BCUT2D eigenvalue weighted by atomic mass is 10.3. The molecule has 0 unspecified atom stereocenters. The molecule has 1 N–H and O–H groups in total. The first-order valence-electron chi connectivity index (χ1n) is 3.95. The van der Waals surface area contributed by atoms with Gasteiger partial charge in [0.2, 0.25) is 0 Å². The highest BCUT2D eigenvalue weighted by atomic mass is 16.6. The molecule has 2 amide bonds. The topological polar surface area (TPSA) is 89.5 Å². The first kappa shape index (κ1) is 10.8. The zero-order valence-corrected chi connectivity index (χ0v) is 7.61. The van der Waals surface area contributed by atoms with Crippen molar-refractivity contribution in [3.63, 3.8) is 0 Å². The Balaban J connectivity index is 0.000000151. The Morgan fingerprint density at radius 2 is 1.67 bits per heavy atom. The van der Waals surface area contributed by atoms with Gasteiger partial charge in [-0.1, -0.05) is 6.58 Å². The average molecular weight is 209 g/mol. The first-order valence-corrected chi connectivity index (χ1v) is 3.95. The van der Waals surface area contributed by atoms with E-state index in [9.17, 15) is 19.2 Å². The van der Waals surface area contributed by atoms with E-state index in [1.54, 1.807) is 0 Å². The van der Waals surface area contributed by atoms with Crippen LogP contribution in [0.3, 0.4) is 0 Å². The fraction of sp³-hybridized carbons (Fsp3) is 0.111. The molecule has 2 aliphatic heterocycles. The first-order chi connectivity index (χ1) is 6.99. The van der Waals surface area contributed by atoms with E-state index in [2.05, 4.69) is 11.3 Å². The second-order valence-electron chi connectivity index (χ2n) is 2.73. The molecule has 6 nitrogen and oxygen atoms in total. The fourth-order valence-corrected chi connectivity index (χ4v) is 0.814. The standard InChI is InChI=1S/C5H4O3.C4H3NO2/c1-3-2-4(6)8-5(3)7;6-3-1-2-4(7)5-3/h1-2H2;1-2H,(H,5,6,7). The van der Waals surface area contributed by atoms with E-state index in [1.807, 2.05) is 5.32 Å². The SMILES string of the molecule is C=C1CC(=O)OC1=O.O=C1C=CC(=O)N1. The number of imide groups is 1. The van der Waals surface area contributed by atoms with Crippen LogP contribution in [0.1, 0.15) is 6.42 Å². The highest BCUT2D eigenvalue weighted by Crippen LogP contribution is 2.10. The maximum atomic E-state index is 10.2. The van der Waals surface area contributed by atoms with Gasteiger partial charge in [0.25, 0.3) is 11.8 Å². The minimum atomic E-state index is -0.588. The van der Waals surface area contributed by atoms with Gasteiger partial charge in [-0.05, 0) is 0 Å². The fourth-order valence-electron chi connectivity index (χ4n) is 0.814. The Hall–Kier alpha value is -2.24. The maximum Gasteiger partial charge on any atom is 0.341 e. The van der Waals surface area contributed by atoms with Gasteiger partial charge in [-0.2, -0.15) is 0 Å². The summed E-state index contributed by atoms with van der Waals surface area (Å²) < 4.78 is 4.10. The largest absolute Gasteiger partial charge is 0.389 e. The van der Waals surface area contributed by atoms with Crippen LogP contribution in [0.5, 0.6) is 0 Å². The van der Waals surface area contributed by atoms with Crippen molar-refractivity contribution in [1.82, 2.24) is 5.32 Å². The van der Waals surface area contributed by atoms with Gasteiger partial charge >= 0.3 is 11.9 Å². The third-order valence-electron chi connectivity index (χ3n) is 1.49. The van der Waals surface area contributed by atoms with Gasteiger partial charge in [0.15, 0.2) is 0 Å². The number of esters is 2. The van der Waals surface area contributed by atoms with Crippen LogP contribution in [-0.2, 0) is 23.9 Å². The molecule has 2 rings (SSSR count). The molecule has 0 aromatic heterocycles. The van der Waals surface area contributed by atoms with Crippen LogP contribution < -0.4 is 5.32 Å². The molecule has 0 spiro atoms. The molecule has 2 heterocycles. The number of hydrogen-bond donors (Lipinski definition) is 1. The van der Waals surface area contributed by atoms with Crippen LogP contribution in [0.4, 0.5) is 0 Å². The molecule has 78 valence electrons. The molecule has 0 aliphatic carbocycles. The van der Waals surface area contributed by atoms with E-state index in [0.717, 1.165) is 0 Å². The van der Waals surface area contributed by atoms with Gasteiger partial charge in [-0.3, -0.25) is 19.7 Å². The maximum absolute atomic E-state index is 10.2. The molecule has 2 aliphatic rings. The Labute approximate surface area is 84.6 Å². The molecule has 0 saturated carbocycles. The van der Waals surface area contributed by atoms with Gasteiger partial charge in [0, 0.05) is 17.7 Å². The summed E-state index contributed by atoms with van der Waals surface area (Å²) in [5.41, 5.74) is 0.245. The van der Waals surface area contributed by atoms with Gasteiger partial charge < -0.3 is 4.74 Å². The van der Waals surface area contributed by atoms with Gasteiger partial charge in [-0.15, -0.1) is 0 Å². The average Bonchev–Trinajstić information content (AvgIpc) is 2.61. The lowest BCUT2D eigenvalue weighted by Crippen LogP contribution is -2.19. The van der Waals surface area contributed by atoms with Crippen molar-refractivity contribution in [2.75, 3.05) is 0 Å². The van der Waals surface area contributed by atoms with Gasteiger partial charge in [0.1, 0.15) is 0 Å². The number of nitrogens with one attached hydrogen (secondary N) is 1. The summed E-state index contributed by atoms with van der Waals surface area (Å²) in [6.07, 6.45) is 2.45. The number of cyclic esters (lactones) is 2. The summed E-state index contributed by atoms with van der Waals surface area (Å²) >= 11 is 0. The quantitative estimate of drug-likeness (QED) is 0.244. The summed E-state index contributed by atoms with van der Waals surface area (Å²) in [6.45, 7) is 3.29. The van der Waals surface area contributed by atoms with Crippen LogP contribution >= 0.6 is 0 Å². The number of carbonyl (C=O) groups excluding carboxylic acids is 4. The highest BCUT2D eigenvalue weighted by molar-refractivity contribution is 6.12. The summed E-state index contributed by atoms with van der Waals surface area (Å²) in [5, 5.41) is 2.03. The van der Waals surface area contributed by atoms with Crippen LogP contribution in [0.2, 0.25) is 0 Å². The zero-order chi connectivity index (χ0) is 11.4. The van der Waals surface area contributed by atoms with Crippen molar-refractivity contribution < 1.29 is 23.9 Å². The van der Waals surface area contributed by atoms with Crippen molar-refractivity contribution in [3.05, 3.63) is 24.3 Å². The normalized spacial score (nSPS) is 18.5. The third kappa shape index (κ3) is 3.18. The molecule has 1 fully saturated rings. The lowest BCUT2D eigenvalue weighted by Gasteiger charge is -1.80. The molecule has 15 heavy (non-hydrogen) atoms. The second kappa shape index (κ2) is 4.32. The monoisotopic (exact) mass is 209 g/mol. The van der Waals surface area contributed by atoms with E-state index in [-0.39, 0.29) is 23.8 Å². The van der Waals surface area contributed by atoms with Crippen molar-refractivity contribution in [1.29, 1.82) is 0 Å². The molecule has 0 bridgehead atoms. The molecule has 6 heteroatoms. The molecule has 1 saturated heterocycles. The Bertz CT molecular complexity index is 359. The van der Waals surface area contributed by atoms with Crippen molar-refractivity contribution in [3.8, 4) is 0 Å². The predicted molar refractivity (Wildman–Crippen MR) is 47.1 cm³/mol. The smallest absolute Gasteiger partial charge is 0.341 e. The second-order valence-corrected chi connectivity index (χ2v) is 2.73. The van der Waals surface area contributed by atoms with Gasteiger partial charge in [-0.25, -0.2) is 4.79 Å². The van der Waals surface area contributed by atoms with E-state index >= 15 is 0 Å². The van der Waals surface area contributed by atoms with Gasteiger partial charge in [0.05, 0.1) is 6.42 Å². The van der Waals surface area contributed by atoms with Crippen molar-refractivity contribution in [2.45, 2.75) is 6.42 Å². The van der Waals surface area contributed by atoms with Crippen LogP contribution in [-0.4, -0.2) is 23.8 Å². The molecule has 0 aromatic rings. The predicted octanol–water partition coefficient (Wildman–Crippen LogP) is -0.785. The summed E-state index contributed by atoms with van der Waals surface area (Å²) in [7, 11) is 0. The van der Waals surface area contributed by atoms with Crippen molar-refractivity contribution in [2.24, 2.45) is 0 Å². The number of amides is 2. The number of ether oxygens (including phenoxy) is 1. The lowest BCUT2D eigenvalue weighted by molar-refractivity contribution is -0.151. The molecular weight excluding hydrogens is 202 g/mol. The summed E-state index contributed by atoms with van der Waals surface area (Å²) in [5.74, 6) is -1.75. The minimum Gasteiger partial charge on any atom is -0.389 e. The molecule has 0 atom stereocenters. The van der Waals surface area contributed by atoms with Crippen LogP contribution in [0, 0.1) is 0 Å². The van der Waals surface area contributed by atoms with Crippen LogP contribution in [0.25, 0.3) is 0 Å². The third-order valence-corrected chi connectivity index (χ3v) is 1.49. The van der Waals surface area contributed by atoms with Crippen molar-refractivity contribution >= 4 is 23.8 Å². The zero-order valence-electron chi connectivity index (χ0n) is 7.61. The van der Waals surface area contributed by atoms with E-state index in [0.29, 0.717) is 0 Å². The Morgan fingerprint density at radius 1 is 1.13 bits per heavy atom. The summed E-state index contributed by atoms with van der Waals surface area (Å²) in [6, 6.07) is 0. The Morgan fingerprint density at radius 3 is 1.80 bits per heavy atom. The minimum absolute atomic E-state index is 0.0544. The highest BCUT2D eigenvalue weighted by Gasteiger charge is 2.24. The molecule has 0 aromatic carbocycles. The Kier molecular flexibility index (Phi) is 3.12. The number of carbonyl (C=O) groups is 4.